The zero-order chi connectivity index (χ0) is 22.3. The number of carbonyl (C=O) groups is 1. The molecule has 0 aliphatic carbocycles. The summed E-state index contributed by atoms with van der Waals surface area (Å²) < 4.78 is 12.5. The van der Waals surface area contributed by atoms with Gasteiger partial charge in [0, 0.05) is 30.3 Å². The number of benzene rings is 2. The van der Waals surface area contributed by atoms with E-state index >= 15 is 0 Å². The van der Waals surface area contributed by atoms with Crippen LogP contribution in [0.15, 0.2) is 53.9 Å². The summed E-state index contributed by atoms with van der Waals surface area (Å²) in [5, 5.41) is 9.71. The minimum absolute atomic E-state index is 0.0806. The molecule has 0 saturated heterocycles. The van der Waals surface area contributed by atoms with Gasteiger partial charge in [0.2, 0.25) is 10.9 Å². The van der Waals surface area contributed by atoms with E-state index in [0.717, 1.165) is 29.1 Å². The molecule has 0 radical (unpaired) electrons. The molecule has 1 N–H and O–H groups in total. The number of nitrogens with zero attached hydrogens (tertiary/aromatic N) is 3. The van der Waals surface area contributed by atoms with Gasteiger partial charge in [0.25, 0.3) is 0 Å². The van der Waals surface area contributed by atoms with Crippen molar-refractivity contribution in [2.45, 2.75) is 25.7 Å². The number of aryl methyl sites for hydroxylation is 1. The van der Waals surface area contributed by atoms with E-state index < -0.39 is 0 Å². The summed E-state index contributed by atoms with van der Waals surface area (Å²) >= 11 is 1.54. The van der Waals surface area contributed by atoms with Gasteiger partial charge in [0.1, 0.15) is 0 Å². The second kappa shape index (κ2) is 10.3. The Morgan fingerprint density at radius 3 is 2.66 bits per heavy atom. The Morgan fingerprint density at radius 1 is 1.06 bits per heavy atom. The standard InChI is InChI=1S/C24H26N4O3S/c1-30-20-12-11-18(15-21(20)31-2)23-26-24-28(27-23)19(16-32-24)13-14-25-22(29)10-6-9-17-7-4-3-5-8-17/h3-5,7-8,11-12,15-16H,6,9-10,13-14H2,1-2H3,(H,25,29). The molecule has 7 nitrogen and oxygen atoms in total. The summed E-state index contributed by atoms with van der Waals surface area (Å²) in [7, 11) is 3.21. The Kier molecular flexibility index (Phi) is 7.01. The van der Waals surface area contributed by atoms with Gasteiger partial charge in [0.15, 0.2) is 17.3 Å². The fourth-order valence-electron chi connectivity index (χ4n) is 3.51. The maximum atomic E-state index is 12.2. The summed E-state index contributed by atoms with van der Waals surface area (Å²) in [6.07, 6.45) is 2.98. The minimum atomic E-state index is 0.0806. The fraction of sp³-hybridized carbons (Fsp3) is 0.292. The van der Waals surface area contributed by atoms with E-state index in [-0.39, 0.29) is 5.91 Å². The number of nitrogens with one attached hydrogen (secondary N) is 1. The van der Waals surface area contributed by atoms with Crippen LogP contribution in [0.4, 0.5) is 0 Å². The Balaban J connectivity index is 1.32. The molecule has 166 valence electrons. The highest BCUT2D eigenvalue weighted by Gasteiger charge is 2.14. The lowest BCUT2D eigenvalue weighted by molar-refractivity contribution is -0.121. The number of methoxy groups -OCH3 is 2. The normalized spacial score (nSPS) is 10.9. The SMILES string of the molecule is COc1ccc(-c2nc3scc(CCNC(=O)CCCc4ccccc4)n3n2)cc1OC. The van der Waals surface area contributed by atoms with Gasteiger partial charge in [-0.3, -0.25) is 4.79 Å². The van der Waals surface area contributed by atoms with Gasteiger partial charge in [-0.25, -0.2) is 4.52 Å². The maximum Gasteiger partial charge on any atom is 0.220 e. The number of carbonyl (C=O) groups excluding carboxylic acids is 1. The number of hydrogen-bond donors (Lipinski definition) is 1. The van der Waals surface area contributed by atoms with E-state index in [2.05, 4.69) is 27.5 Å². The largest absolute Gasteiger partial charge is 0.493 e. The third-order valence-corrected chi connectivity index (χ3v) is 6.07. The maximum absolute atomic E-state index is 12.2. The number of fused-ring (bicyclic) bond motifs is 1. The minimum Gasteiger partial charge on any atom is -0.493 e. The summed E-state index contributed by atoms with van der Waals surface area (Å²) in [6.45, 7) is 0.571. The first-order chi connectivity index (χ1) is 15.7. The lowest BCUT2D eigenvalue weighted by Crippen LogP contribution is -2.25. The molecule has 32 heavy (non-hydrogen) atoms. The van der Waals surface area contributed by atoms with Crippen molar-refractivity contribution in [3.63, 3.8) is 0 Å². The van der Waals surface area contributed by atoms with Crippen LogP contribution in [0, 0.1) is 0 Å². The highest BCUT2D eigenvalue weighted by Crippen LogP contribution is 2.31. The van der Waals surface area contributed by atoms with E-state index in [1.807, 2.05) is 46.3 Å². The zero-order valence-electron chi connectivity index (χ0n) is 18.2. The molecule has 4 rings (SSSR count). The van der Waals surface area contributed by atoms with Crippen LogP contribution in [-0.2, 0) is 17.6 Å². The molecule has 4 aromatic rings. The zero-order valence-corrected chi connectivity index (χ0v) is 19.0. The highest BCUT2D eigenvalue weighted by atomic mass is 32.1. The molecule has 0 saturated carbocycles. The van der Waals surface area contributed by atoms with Crippen molar-refractivity contribution in [3.05, 3.63) is 65.2 Å². The van der Waals surface area contributed by atoms with Crippen molar-refractivity contribution in [1.29, 1.82) is 0 Å². The van der Waals surface area contributed by atoms with E-state index in [0.29, 0.717) is 36.7 Å². The average molecular weight is 451 g/mol. The molecular formula is C24H26N4O3S. The average Bonchev–Trinajstić information content (AvgIpc) is 3.41. The molecule has 0 fully saturated rings. The molecule has 0 spiro atoms. The van der Waals surface area contributed by atoms with Crippen molar-refractivity contribution >= 4 is 22.2 Å². The molecular weight excluding hydrogens is 424 g/mol. The Hall–Kier alpha value is -3.39. The monoisotopic (exact) mass is 450 g/mol. The lowest BCUT2D eigenvalue weighted by Gasteiger charge is -2.07. The Bertz CT molecular complexity index is 1190. The predicted molar refractivity (Wildman–Crippen MR) is 125 cm³/mol. The van der Waals surface area contributed by atoms with Gasteiger partial charge >= 0.3 is 0 Å². The number of aromatic nitrogens is 3. The van der Waals surface area contributed by atoms with Crippen molar-refractivity contribution < 1.29 is 14.3 Å². The molecule has 0 unspecified atom stereocenters. The van der Waals surface area contributed by atoms with Gasteiger partial charge in [-0.15, -0.1) is 16.4 Å². The van der Waals surface area contributed by atoms with Gasteiger partial charge < -0.3 is 14.8 Å². The molecule has 0 bridgehead atoms. The Morgan fingerprint density at radius 2 is 1.88 bits per heavy atom. The van der Waals surface area contributed by atoms with Crippen molar-refractivity contribution in [1.82, 2.24) is 19.9 Å². The van der Waals surface area contributed by atoms with E-state index in [1.54, 1.807) is 14.2 Å². The van der Waals surface area contributed by atoms with Crippen molar-refractivity contribution in [3.8, 4) is 22.9 Å². The second-order valence-corrected chi connectivity index (χ2v) is 8.20. The Labute approximate surface area is 191 Å². The van der Waals surface area contributed by atoms with Crippen molar-refractivity contribution in [2.75, 3.05) is 20.8 Å². The van der Waals surface area contributed by atoms with Crippen LogP contribution >= 0.6 is 11.3 Å². The van der Waals surface area contributed by atoms with Crippen LogP contribution in [0.3, 0.4) is 0 Å². The molecule has 2 aromatic carbocycles. The molecule has 0 aliphatic rings. The van der Waals surface area contributed by atoms with Crippen molar-refractivity contribution in [2.24, 2.45) is 0 Å². The molecule has 0 aliphatic heterocycles. The highest BCUT2D eigenvalue weighted by molar-refractivity contribution is 7.15. The fourth-order valence-corrected chi connectivity index (χ4v) is 4.37. The number of thiazole rings is 1. The third kappa shape index (κ3) is 5.08. The number of hydrogen-bond acceptors (Lipinski definition) is 6. The summed E-state index contributed by atoms with van der Waals surface area (Å²) in [6, 6.07) is 15.9. The summed E-state index contributed by atoms with van der Waals surface area (Å²) in [4.78, 5) is 17.6. The number of amides is 1. The van der Waals surface area contributed by atoms with Crippen LogP contribution < -0.4 is 14.8 Å². The van der Waals surface area contributed by atoms with Crippen LogP contribution in [0.2, 0.25) is 0 Å². The second-order valence-electron chi connectivity index (χ2n) is 7.37. The topological polar surface area (TPSA) is 77.8 Å². The van der Waals surface area contributed by atoms with Crippen LogP contribution in [-0.4, -0.2) is 41.3 Å². The predicted octanol–water partition coefficient (Wildman–Crippen LogP) is 4.16. The van der Waals surface area contributed by atoms with E-state index in [4.69, 9.17) is 9.47 Å². The molecule has 0 atom stereocenters. The first kappa shape index (κ1) is 21.8. The smallest absolute Gasteiger partial charge is 0.220 e. The van der Waals surface area contributed by atoms with Gasteiger partial charge in [-0.05, 0) is 36.6 Å². The van der Waals surface area contributed by atoms with Crippen LogP contribution in [0.25, 0.3) is 16.3 Å². The van der Waals surface area contributed by atoms with E-state index in [1.165, 1.54) is 16.9 Å². The van der Waals surface area contributed by atoms with Gasteiger partial charge in [-0.2, -0.15) is 4.98 Å². The number of ether oxygens (including phenoxy) is 2. The van der Waals surface area contributed by atoms with Gasteiger partial charge in [0.05, 0.1) is 19.9 Å². The van der Waals surface area contributed by atoms with E-state index in [9.17, 15) is 4.79 Å². The molecule has 8 heteroatoms. The third-order valence-electron chi connectivity index (χ3n) is 5.21. The quantitative estimate of drug-likeness (QED) is 0.393. The van der Waals surface area contributed by atoms with Gasteiger partial charge in [-0.1, -0.05) is 30.3 Å². The number of rotatable bonds is 10. The molecule has 2 aromatic heterocycles. The summed E-state index contributed by atoms with van der Waals surface area (Å²) in [5.74, 6) is 2.01. The first-order valence-corrected chi connectivity index (χ1v) is 11.4. The molecule has 2 heterocycles. The van der Waals surface area contributed by atoms with Crippen LogP contribution in [0.5, 0.6) is 11.5 Å². The van der Waals surface area contributed by atoms with Crippen LogP contribution in [0.1, 0.15) is 24.1 Å². The first-order valence-electron chi connectivity index (χ1n) is 10.5. The summed E-state index contributed by atoms with van der Waals surface area (Å²) in [5.41, 5.74) is 3.14. The lowest BCUT2D eigenvalue weighted by atomic mass is 10.1. The molecule has 1 amide bonds.